The van der Waals surface area contributed by atoms with Gasteiger partial charge in [0.15, 0.2) is 6.61 Å². The van der Waals surface area contributed by atoms with E-state index < -0.39 is 0 Å². The fourth-order valence-electron chi connectivity index (χ4n) is 3.80. The Morgan fingerprint density at radius 3 is 2.48 bits per heavy atom. The third kappa shape index (κ3) is 4.94. The summed E-state index contributed by atoms with van der Waals surface area (Å²) in [5.41, 5.74) is 0.500. The lowest BCUT2D eigenvalue weighted by Crippen LogP contribution is -2.49. The Balaban J connectivity index is 1.29. The minimum Gasteiger partial charge on any atom is -0.436 e. The molecule has 0 radical (unpaired) electrons. The highest BCUT2D eigenvalue weighted by Crippen LogP contribution is 2.31. The van der Waals surface area contributed by atoms with Crippen molar-refractivity contribution in [3.63, 3.8) is 0 Å². The van der Waals surface area contributed by atoms with Crippen LogP contribution < -0.4 is 4.90 Å². The van der Waals surface area contributed by atoms with Gasteiger partial charge in [-0.3, -0.25) is 4.79 Å². The molecule has 2 aliphatic heterocycles. The maximum absolute atomic E-state index is 12.9. The Hall–Kier alpha value is -3.19. The van der Waals surface area contributed by atoms with Crippen LogP contribution in [-0.4, -0.2) is 82.6 Å². The predicted molar refractivity (Wildman–Crippen MR) is 116 cm³/mol. The van der Waals surface area contributed by atoms with Crippen LogP contribution in [0.4, 0.5) is 10.7 Å². The third-order valence-corrected chi connectivity index (χ3v) is 6.53. The van der Waals surface area contributed by atoms with Crippen LogP contribution in [0.1, 0.15) is 34.3 Å². The van der Waals surface area contributed by atoms with Gasteiger partial charge in [-0.2, -0.15) is 0 Å². The van der Waals surface area contributed by atoms with E-state index in [1.807, 2.05) is 10.3 Å². The Morgan fingerprint density at radius 1 is 1.10 bits per heavy atom. The van der Waals surface area contributed by atoms with Gasteiger partial charge in [0.2, 0.25) is 5.95 Å². The Morgan fingerprint density at radius 2 is 1.81 bits per heavy atom. The summed E-state index contributed by atoms with van der Waals surface area (Å²) in [4.78, 5) is 43.6. The zero-order valence-electron chi connectivity index (χ0n) is 17.1. The second kappa shape index (κ2) is 9.75. The largest absolute Gasteiger partial charge is 0.436 e. The molecule has 0 saturated carbocycles. The first-order valence-electron chi connectivity index (χ1n) is 10.3. The SMILES string of the molecule is C#CCOC(=O)N1CCC(c2nc(C(=O)N3CCN(c4ncccn4)CC3)cs2)CC1. The molecule has 2 fully saturated rings. The summed E-state index contributed by atoms with van der Waals surface area (Å²) in [6.07, 6.45) is 9.79. The monoisotopic (exact) mass is 440 g/mol. The molecule has 4 rings (SSSR count). The van der Waals surface area contributed by atoms with Crippen LogP contribution in [0.5, 0.6) is 0 Å². The number of piperidine rings is 1. The van der Waals surface area contributed by atoms with Crippen LogP contribution >= 0.6 is 11.3 Å². The first-order valence-corrected chi connectivity index (χ1v) is 11.2. The molecule has 2 aromatic rings. The van der Waals surface area contributed by atoms with E-state index >= 15 is 0 Å². The molecule has 31 heavy (non-hydrogen) atoms. The summed E-state index contributed by atoms with van der Waals surface area (Å²) in [6.45, 7) is 3.80. The van der Waals surface area contributed by atoms with Crippen LogP contribution in [0.25, 0.3) is 0 Å². The number of ether oxygens (including phenoxy) is 1. The number of rotatable bonds is 4. The fourth-order valence-corrected chi connectivity index (χ4v) is 4.77. The van der Waals surface area contributed by atoms with Crippen molar-refractivity contribution in [3.05, 3.63) is 34.5 Å². The van der Waals surface area contributed by atoms with Gasteiger partial charge in [0.25, 0.3) is 5.91 Å². The van der Waals surface area contributed by atoms with E-state index in [0.29, 0.717) is 50.9 Å². The molecule has 162 valence electrons. The lowest BCUT2D eigenvalue weighted by atomic mass is 9.98. The van der Waals surface area contributed by atoms with Crippen LogP contribution in [0.2, 0.25) is 0 Å². The molecule has 0 atom stereocenters. The van der Waals surface area contributed by atoms with Crippen LogP contribution in [-0.2, 0) is 4.74 Å². The molecule has 2 saturated heterocycles. The van der Waals surface area contributed by atoms with Gasteiger partial charge in [-0.05, 0) is 18.9 Å². The molecule has 0 bridgehead atoms. The highest BCUT2D eigenvalue weighted by Gasteiger charge is 2.29. The summed E-state index contributed by atoms with van der Waals surface area (Å²) in [7, 11) is 0. The van der Waals surface area contributed by atoms with Crippen molar-refractivity contribution >= 4 is 29.3 Å². The normalized spacial score (nSPS) is 17.3. The van der Waals surface area contributed by atoms with E-state index in [1.54, 1.807) is 23.4 Å². The lowest BCUT2D eigenvalue weighted by Gasteiger charge is -2.34. The Labute approximate surface area is 185 Å². The number of aromatic nitrogens is 3. The quantitative estimate of drug-likeness (QED) is 0.670. The van der Waals surface area contributed by atoms with Crippen molar-refractivity contribution in [1.29, 1.82) is 0 Å². The second-order valence-electron chi connectivity index (χ2n) is 7.42. The number of amides is 2. The first-order chi connectivity index (χ1) is 15.2. The van der Waals surface area contributed by atoms with Crippen molar-refractivity contribution in [2.75, 3.05) is 50.8 Å². The summed E-state index contributed by atoms with van der Waals surface area (Å²) in [6, 6.07) is 1.79. The van der Waals surface area contributed by atoms with Gasteiger partial charge in [-0.1, -0.05) is 5.92 Å². The molecular formula is C21H24N6O3S. The van der Waals surface area contributed by atoms with E-state index in [1.165, 1.54) is 11.3 Å². The highest BCUT2D eigenvalue weighted by molar-refractivity contribution is 7.09. The van der Waals surface area contributed by atoms with E-state index in [-0.39, 0.29) is 24.5 Å². The van der Waals surface area contributed by atoms with Crippen molar-refractivity contribution in [3.8, 4) is 12.3 Å². The summed E-state index contributed by atoms with van der Waals surface area (Å²) in [5.74, 6) is 3.20. The number of hydrogen-bond donors (Lipinski definition) is 0. The Bertz CT molecular complexity index is 944. The number of hydrogen-bond acceptors (Lipinski definition) is 8. The highest BCUT2D eigenvalue weighted by atomic mass is 32.1. The number of anilines is 1. The smallest absolute Gasteiger partial charge is 0.410 e. The topological polar surface area (TPSA) is 91.8 Å². The number of nitrogens with zero attached hydrogens (tertiary/aromatic N) is 6. The van der Waals surface area contributed by atoms with Gasteiger partial charge in [0.1, 0.15) is 5.69 Å². The molecule has 4 heterocycles. The second-order valence-corrected chi connectivity index (χ2v) is 8.31. The van der Waals surface area contributed by atoms with Gasteiger partial charge in [0.05, 0.1) is 5.01 Å². The average molecular weight is 441 g/mol. The molecule has 2 aromatic heterocycles. The zero-order chi connectivity index (χ0) is 21.6. The van der Waals surface area contributed by atoms with Gasteiger partial charge in [0, 0.05) is 63.0 Å². The van der Waals surface area contributed by atoms with Gasteiger partial charge in [-0.25, -0.2) is 19.7 Å². The molecule has 0 unspecified atom stereocenters. The van der Waals surface area contributed by atoms with Crippen LogP contribution in [0, 0.1) is 12.3 Å². The van der Waals surface area contributed by atoms with Crippen molar-refractivity contribution in [2.45, 2.75) is 18.8 Å². The molecule has 0 aliphatic carbocycles. The van der Waals surface area contributed by atoms with Crippen LogP contribution in [0.15, 0.2) is 23.8 Å². The Kier molecular flexibility index (Phi) is 6.62. The number of terminal acetylenes is 1. The lowest BCUT2D eigenvalue weighted by molar-refractivity contribution is 0.0741. The number of carbonyl (C=O) groups is 2. The average Bonchev–Trinajstić information content (AvgIpc) is 3.33. The van der Waals surface area contributed by atoms with E-state index in [9.17, 15) is 9.59 Å². The molecule has 0 aromatic carbocycles. The van der Waals surface area contributed by atoms with Crippen molar-refractivity contribution in [2.24, 2.45) is 0 Å². The van der Waals surface area contributed by atoms with Gasteiger partial charge >= 0.3 is 6.09 Å². The maximum Gasteiger partial charge on any atom is 0.410 e. The van der Waals surface area contributed by atoms with Crippen molar-refractivity contribution in [1.82, 2.24) is 24.8 Å². The molecule has 9 nitrogen and oxygen atoms in total. The molecule has 2 aliphatic rings. The van der Waals surface area contributed by atoms with E-state index in [0.717, 1.165) is 17.8 Å². The fraction of sp³-hybridized carbons (Fsp3) is 0.476. The third-order valence-electron chi connectivity index (χ3n) is 5.52. The maximum atomic E-state index is 12.9. The van der Waals surface area contributed by atoms with Gasteiger partial charge < -0.3 is 19.4 Å². The number of carbonyl (C=O) groups excluding carboxylic acids is 2. The van der Waals surface area contributed by atoms with E-state index in [2.05, 4.69) is 25.8 Å². The van der Waals surface area contributed by atoms with Gasteiger partial charge in [-0.15, -0.1) is 17.8 Å². The zero-order valence-corrected chi connectivity index (χ0v) is 18.0. The minimum absolute atomic E-state index is 0.0106. The van der Waals surface area contributed by atoms with Crippen molar-refractivity contribution < 1.29 is 14.3 Å². The molecule has 10 heteroatoms. The number of likely N-dealkylation sites (tertiary alicyclic amines) is 1. The summed E-state index contributed by atoms with van der Waals surface area (Å²) < 4.78 is 4.99. The first kappa shape index (κ1) is 21.1. The molecule has 0 spiro atoms. The molecule has 0 N–H and O–H groups in total. The van der Waals surface area contributed by atoms with Crippen LogP contribution in [0.3, 0.4) is 0 Å². The predicted octanol–water partition coefficient (Wildman–Crippen LogP) is 1.84. The summed E-state index contributed by atoms with van der Waals surface area (Å²) >= 11 is 1.52. The standard InChI is InChI=1S/C21H24N6O3S/c1-2-14-30-21(29)27-8-4-16(5-9-27)18-24-17(15-31-18)19(28)25-10-12-26(13-11-25)20-22-6-3-7-23-20/h1,3,6-7,15-16H,4-5,8-14H2. The minimum atomic E-state index is -0.369. The summed E-state index contributed by atoms with van der Waals surface area (Å²) in [5, 5.41) is 2.80. The van der Waals surface area contributed by atoms with E-state index in [4.69, 9.17) is 11.2 Å². The number of thiazole rings is 1. The number of piperazine rings is 1. The molecule has 2 amide bonds. The molecular weight excluding hydrogens is 416 g/mol.